The van der Waals surface area contributed by atoms with E-state index in [1.807, 2.05) is 4.90 Å². The molecule has 6 nitrogen and oxygen atoms in total. The highest BCUT2D eigenvalue weighted by molar-refractivity contribution is 6.30. The van der Waals surface area contributed by atoms with E-state index < -0.39 is 30.2 Å². The van der Waals surface area contributed by atoms with Gasteiger partial charge in [0.05, 0.1) is 11.6 Å². The van der Waals surface area contributed by atoms with Crippen LogP contribution in [0.2, 0.25) is 5.02 Å². The normalized spacial score (nSPS) is 27.0. The molecule has 29 heavy (non-hydrogen) atoms. The number of benzene rings is 1. The van der Waals surface area contributed by atoms with Crippen LogP contribution in [0.5, 0.6) is 0 Å². The Balaban J connectivity index is 1.51. The van der Waals surface area contributed by atoms with Crippen LogP contribution in [-0.4, -0.2) is 41.9 Å². The molecule has 2 amide bonds. The molecule has 2 aliphatic rings. The van der Waals surface area contributed by atoms with Crippen molar-refractivity contribution in [2.24, 2.45) is 17.8 Å². The lowest BCUT2D eigenvalue weighted by molar-refractivity contribution is -0.151. The van der Waals surface area contributed by atoms with E-state index >= 15 is 0 Å². The molecule has 1 aromatic carbocycles. The Morgan fingerprint density at radius 3 is 2.79 bits per heavy atom. The first kappa shape index (κ1) is 21.6. The van der Waals surface area contributed by atoms with Gasteiger partial charge >= 0.3 is 5.97 Å². The third-order valence-electron chi connectivity index (χ3n) is 6.11. The maximum Gasteiger partial charge on any atom is 0.311 e. The van der Waals surface area contributed by atoms with Gasteiger partial charge in [0.2, 0.25) is 5.91 Å². The number of rotatable bonds is 5. The summed E-state index contributed by atoms with van der Waals surface area (Å²) < 4.78 is 18.8. The van der Waals surface area contributed by atoms with Crippen molar-refractivity contribution >= 4 is 35.1 Å². The Morgan fingerprint density at radius 2 is 2.07 bits per heavy atom. The van der Waals surface area contributed by atoms with E-state index in [1.165, 1.54) is 12.1 Å². The number of esters is 1. The molecule has 1 heterocycles. The van der Waals surface area contributed by atoms with Crippen molar-refractivity contribution in [3.63, 3.8) is 0 Å². The predicted molar refractivity (Wildman–Crippen MR) is 107 cm³/mol. The molecule has 4 atom stereocenters. The summed E-state index contributed by atoms with van der Waals surface area (Å²) in [5.41, 5.74) is -0.0434. The second-order valence-electron chi connectivity index (χ2n) is 8.06. The molecule has 8 heteroatoms. The minimum absolute atomic E-state index is 0.0365. The number of halogens is 2. The topological polar surface area (TPSA) is 75.7 Å². The molecule has 1 aliphatic heterocycles. The highest BCUT2D eigenvalue weighted by atomic mass is 35.5. The van der Waals surface area contributed by atoms with E-state index in [0.29, 0.717) is 18.4 Å². The second kappa shape index (κ2) is 9.11. The second-order valence-corrected chi connectivity index (χ2v) is 8.50. The molecule has 0 bridgehead atoms. The van der Waals surface area contributed by atoms with Crippen molar-refractivity contribution in [2.45, 2.75) is 45.6 Å². The highest BCUT2D eigenvalue weighted by Crippen LogP contribution is 2.35. The van der Waals surface area contributed by atoms with Gasteiger partial charge < -0.3 is 15.0 Å². The van der Waals surface area contributed by atoms with Crippen LogP contribution in [0.3, 0.4) is 0 Å². The summed E-state index contributed by atoms with van der Waals surface area (Å²) in [6.45, 7) is 4.15. The fourth-order valence-electron chi connectivity index (χ4n) is 4.24. The smallest absolute Gasteiger partial charge is 0.311 e. The summed E-state index contributed by atoms with van der Waals surface area (Å²) >= 11 is 5.67. The lowest BCUT2D eigenvalue weighted by Crippen LogP contribution is -2.45. The molecule has 1 aromatic rings. The van der Waals surface area contributed by atoms with Crippen molar-refractivity contribution in [1.82, 2.24) is 4.90 Å². The summed E-state index contributed by atoms with van der Waals surface area (Å²) in [7, 11) is 0. The fraction of sp³-hybridized carbons (Fsp3) is 0.571. The minimum atomic E-state index is -0.676. The standard InChI is InChI=1S/C21H26ClFN2O4/c1-12-4-3-5-18(13(12)2)25-10-14(8-20(25)27)21(28)29-11-19(26)24-17-7-6-15(22)9-16(17)23/h6-7,9,12-14,18H,3-5,8,10-11H2,1-2H3,(H,24,26)/t12-,13+,14+,18+/m0/s1. The number of likely N-dealkylation sites (tertiary alicyclic amines) is 1. The summed E-state index contributed by atoms with van der Waals surface area (Å²) in [5, 5.41) is 2.55. The molecule has 0 unspecified atom stereocenters. The number of ether oxygens (including phenoxy) is 1. The molecule has 1 saturated carbocycles. The Morgan fingerprint density at radius 1 is 1.31 bits per heavy atom. The first-order chi connectivity index (χ1) is 13.8. The lowest BCUT2D eigenvalue weighted by Gasteiger charge is -2.39. The zero-order chi connectivity index (χ0) is 21.1. The zero-order valence-corrected chi connectivity index (χ0v) is 17.4. The van der Waals surface area contributed by atoms with E-state index in [1.54, 1.807) is 0 Å². The molecule has 1 N–H and O–H groups in total. The SMILES string of the molecule is C[C@H]1[C@H](N2C[C@H](C(=O)OCC(=O)Nc3ccc(Cl)cc3F)CC2=O)CCC[C@@H]1C. The summed E-state index contributed by atoms with van der Waals surface area (Å²) in [6, 6.07) is 4.00. The molecule has 3 rings (SSSR count). The van der Waals surface area contributed by atoms with Crippen molar-refractivity contribution in [1.29, 1.82) is 0 Å². The maximum atomic E-state index is 13.7. The molecule has 0 spiro atoms. The maximum absolute atomic E-state index is 13.7. The number of carbonyl (C=O) groups excluding carboxylic acids is 3. The van der Waals surface area contributed by atoms with E-state index in [-0.39, 0.29) is 29.1 Å². The van der Waals surface area contributed by atoms with Gasteiger partial charge in [-0.1, -0.05) is 38.3 Å². The Kier molecular flexibility index (Phi) is 6.77. The summed E-state index contributed by atoms with van der Waals surface area (Å²) in [5.74, 6) is -1.59. The van der Waals surface area contributed by atoms with Gasteiger partial charge in [0.1, 0.15) is 5.82 Å². The van der Waals surface area contributed by atoms with Crippen LogP contribution >= 0.6 is 11.6 Å². The molecule has 158 valence electrons. The van der Waals surface area contributed by atoms with Crippen LogP contribution in [0.25, 0.3) is 0 Å². The number of hydrogen-bond donors (Lipinski definition) is 1. The largest absolute Gasteiger partial charge is 0.455 e. The monoisotopic (exact) mass is 424 g/mol. The molecular weight excluding hydrogens is 399 g/mol. The van der Waals surface area contributed by atoms with Gasteiger partial charge in [0, 0.05) is 24.0 Å². The van der Waals surface area contributed by atoms with Gasteiger partial charge in [-0.05, 0) is 36.5 Å². The Labute approximate surface area is 174 Å². The van der Waals surface area contributed by atoms with Crippen LogP contribution < -0.4 is 5.32 Å². The van der Waals surface area contributed by atoms with Gasteiger partial charge in [-0.15, -0.1) is 0 Å². The van der Waals surface area contributed by atoms with Gasteiger partial charge in [-0.3, -0.25) is 14.4 Å². The third kappa shape index (κ3) is 5.07. The molecule has 0 aromatic heterocycles. The first-order valence-electron chi connectivity index (χ1n) is 9.97. The fourth-order valence-corrected chi connectivity index (χ4v) is 4.39. The first-order valence-corrected chi connectivity index (χ1v) is 10.3. The van der Waals surface area contributed by atoms with Gasteiger partial charge in [0.15, 0.2) is 6.61 Å². The zero-order valence-electron chi connectivity index (χ0n) is 16.6. The van der Waals surface area contributed by atoms with Gasteiger partial charge in [-0.2, -0.15) is 0 Å². The summed E-state index contributed by atoms with van der Waals surface area (Å²) in [4.78, 5) is 38.6. The van der Waals surface area contributed by atoms with Gasteiger partial charge in [-0.25, -0.2) is 4.39 Å². The van der Waals surface area contributed by atoms with Crippen molar-refractivity contribution in [2.75, 3.05) is 18.5 Å². The molecular formula is C21H26ClFN2O4. The number of carbonyl (C=O) groups is 3. The van der Waals surface area contributed by atoms with Crippen LogP contribution in [0.15, 0.2) is 18.2 Å². The van der Waals surface area contributed by atoms with Crippen LogP contribution in [0, 0.1) is 23.6 Å². The molecule has 0 radical (unpaired) electrons. The highest BCUT2D eigenvalue weighted by Gasteiger charge is 2.42. The average molecular weight is 425 g/mol. The Bertz CT molecular complexity index is 803. The van der Waals surface area contributed by atoms with Gasteiger partial charge in [0.25, 0.3) is 5.91 Å². The third-order valence-corrected chi connectivity index (χ3v) is 6.34. The predicted octanol–water partition coefficient (Wildman–Crippen LogP) is 3.63. The van der Waals surface area contributed by atoms with Crippen molar-refractivity contribution in [3.8, 4) is 0 Å². The number of nitrogens with zero attached hydrogens (tertiary/aromatic N) is 1. The van der Waals surface area contributed by atoms with Crippen LogP contribution in [0.4, 0.5) is 10.1 Å². The lowest BCUT2D eigenvalue weighted by atomic mass is 9.77. The van der Waals surface area contributed by atoms with E-state index in [9.17, 15) is 18.8 Å². The van der Waals surface area contributed by atoms with Crippen molar-refractivity contribution < 1.29 is 23.5 Å². The van der Waals surface area contributed by atoms with E-state index in [4.69, 9.17) is 16.3 Å². The number of hydrogen-bond acceptors (Lipinski definition) is 4. The number of amides is 2. The molecule has 2 fully saturated rings. The quantitative estimate of drug-likeness (QED) is 0.732. The summed E-state index contributed by atoms with van der Waals surface area (Å²) in [6.07, 6.45) is 3.29. The minimum Gasteiger partial charge on any atom is -0.455 e. The average Bonchev–Trinajstić information content (AvgIpc) is 3.06. The van der Waals surface area contributed by atoms with Crippen molar-refractivity contribution in [3.05, 3.63) is 29.0 Å². The number of nitrogens with one attached hydrogen (secondary N) is 1. The van der Waals surface area contributed by atoms with E-state index in [0.717, 1.165) is 25.3 Å². The molecule has 1 aliphatic carbocycles. The Hall–Kier alpha value is -2.15. The van der Waals surface area contributed by atoms with E-state index in [2.05, 4.69) is 19.2 Å². The van der Waals surface area contributed by atoms with Crippen LogP contribution in [-0.2, 0) is 19.1 Å². The number of anilines is 1. The van der Waals surface area contributed by atoms with Crippen LogP contribution in [0.1, 0.15) is 39.5 Å². The molecule has 1 saturated heterocycles.